The monoisotopic (exact) mass is 322 g/mol. The van der Waals surface area contributed by atoms with Gasteiger partial charge < -0.3 is 10.6 Å². The number of anilines is 3. The molecule has 0 aliphatic carbocycles. The van der Waals surface area contributed by atoms with Crippen LogP contribution in [0.25, 0.3) is 0 Å². The molecule has 24 heavy (non-hydrogen) atoms. The Kier molecular flexibility index (Phi) is 4.70. The first-order valence-corrected chi connectivity index (χ1v) is 7.76. The summed E-state index contributed by atoms with van der Waals surface area (Å²) in [6, 6.07) is 14.6. The fourth-order valence-corrected chi connectivity index (χ4v) is 2.37. The van der Waals surface area contributed by atoms with E-state index in [1.54, 1.807) is 12.1 Å². The third-order valence-corrected chi connectivity index (χ3v) is 3.95. The van der Waals surface area contributed by atoms with Gasteiger partial charge in [-0.25, -0.2) is 14.4 Å². The Balaban J connectivity index is 1.72. The summed E-state index contributed by atoms with van der Waals surface area (Å²) < 4.78 is 13.7. The van der Waals surface area contributed by atoms with E-state index in [1.165, 1.54) is 23.5 Å². The summed E-state index contributed by atoms with van der Waals surface area (Å²) in [5.74, 6) is 1.10. The maximum atomic E-state index is 13.7. The van der Waals surface area contributed by atoms with Crippen LogP contribution in [0.5, 0.6) is 0 Å². The van der Waals surface area contributed by atoms with Crippen molar-refractivity contribution in [3.05, 3.63) is 77.4 Å². The predicted molar refractivity (Wildman–Crippen MR) is 95.0 cm³/mol. The number of benzene rings is 2. The molecule has 1 heterocycles. The second kappa shape index (κ2) is 7.08. The third kappa shape index (κ3) is 3.68. The predicted octanol–water partition coefficient (Wildman–Crippen LogP) is 4.59. The van der Waals surface area contributed by atoms with Crippen LogP contribution in [0.2, 0.25) is 0 Å². The molecule has 0 saturated carbocycles. The van der Waals surface area contributed by atoms with Gasteiger partial charge in [-0.05, 0) is 37.1 Å². The largest absolute Gasteiger partial charge is 0.366 e. The Morgan fingerprint density at radius 1 is 0.958 bits per heavy atom. The zero-order valence-electron chi connectivity index (χ0n) is 13.7. The maximum absolute atomic E-state index is 13.7. The molecule has 0 aliphatic heterocycles. The van der Waals surface area contributed by atoms with Crippen LogP contribution in [0.1, 0.15) is 16.7 Å². The quantitative estimate of drug-likeness (QED) is 0.721. The maximum Gasteiger partial charge on any atom is 0.135 e. The lowest BCUT2D eigenvalue weighted by Gasteiger charge is -2.12. The topological polar surface area (TPSA) is 49.8 Å². The van der Waals surface area contributed by atoms with E-state index < -0.39 is 0 Å². The van der Waals surface area contributed by atoms with Gasteiger partial charge in [0.2, 0.25) is 0 Å². The fourth-order valence-electron chi connectivity index (χ4n) is 2.37. The number of nitrogens with zero attached hydrogens (tertiary/aromatic N) is 2. The second-order valence-corrected chi connectivity index (χ2v) is 5.61. The molecule has 3 aromatic rings. The zero-order valence-corrected chi connectivity index (χ0v) is 13.7. The van der Waals surface area contributed by atoms with Crippen molar-refractivity contribution in [1.29, 1.82) is 0 Å². The van der Waals surface area contributed by atoms with Crippen LogP contribution in [-0.2, 0) is 6.54 Å². The molecular formula is C19H19FN4. The highest BCUT2D eigenvalue weighted by Crippen LogP contribution is 2.22. The number of hydrogen-bond acceptors (Lipinski definition) is 4. The molecule has 0 aliphatic rings. The highest BCUT2D eigenvalue weighted by molar-refractivity contribution is 5.63. The zero-order chi connectivity index (χ0) is 16.9. The van der Waals surface area contributed by atoms with Crippen LogP contribution in [0.3, 0.4) is 0 Å². The molecule has 0 bridgehead atoms. The Bertz CT molecular complexity index is 848. The summed E-state index contributed by atoms with van der Waals surface area (Å²) in [6.45, 7) is 4.50. The van der Waals surface area contributed by atoms with Crippen molar-refractivity contribution in [2.75, 3.05) is 10.6 Å². The number of hydrogen-bond donors (Lipinski definition) is 2. The molecule has 0 atom stereocenters. The van der Waals surface area contributed by atoms with E-state index in [9.17, 15) is 4.39 Å². The summed E-state index contributed by atoms with van der Waals surface area (Å²) >= 11 is 0. The molecule has 2 aromatic carbocycles. The van der Waals surface area contributed by atoms with Crippen molar-refractivity contribution in [1.82, 2.24) is 9.97 Å². The fraction of sp³-hybridized carbons (Fsp3) is 0.158. The van der Waals surface area contributed by atoms with Crippen molar-refractivity contribution in [3.8, 4) is 0 Å². The normalized spacial score (nSPS) is 10.5. The van der Waals surface area contributed by atoms with Gasteiger partial charge in [-0.3, -0.25) is 0 Å². The van der Waals surface area contributed by atoms with Gasteiger partial charge in [-0.15, -0.1) is 0 Å². The first kappa shape index (κ1) is 15.9. The Hall–Kier alpha value is -2.95. The van der Waals surface area contributed by atoms with Crippen molar-refractivity contribution in [2.24, 2.45) is 0 Å². The lowest BCUT2D eigenvalue weighted by Crippen LogP contribution is -2.05. The van der Waals surface area contributed by atoms with Gasteiger partial charge in [0.15, 0.2) is 0 Å². The molecule has 3 rings (SSSR count). The van der Waals surface area contributed by atoms with Crippen molar-refractivity contribution < 1.29 is 4.39 Å². The van der Waals surface area contributed by atoms with Crippen LogP contribution < -0.4 is 10.6 Å². The van der Waals surface area contributed by atoms with E-state index >= 15 is 0 Å². The Morgan fingerprint density at radius 3 is 2.58 bits per heavy atom. The van der Waals surface area contributed by atoms with Crippen molar-refractivity contribution in [2.45, 2.75) is 20.4 Å². The van der Waals surface area contributed by atoms with Gasteiger partial charge in [-0.1, -0.05) is 30.3 Å². The van der Waals surface area contributed by atoms with Gasteiger partial charge >= 0.3 is 0 Å². The summed E-state index contributed by atoms with van der Waals surface area (Å²) in [7, 11) is 0. The molecule has 0 fully saturated rings. The van der Waals surface area contributed by atoms with E-state index in [2.05, 4.69) is 40.5 Å². The molecule has 0 amide bonds. The van der Waals surface area contributed by atoms with Gasteiger partial charge in [0, 0.05) is 23.9 Å². The SMILES string of the molecule is Cc1cccc(Nc2cc(NCc3ccccc3F)ncn2)c1C. The van der Waals surface area contributed by atoms with Crippen LogP contribution in [0, 0.1) is 19.7 Å². The summed E-state index contributed by atoms with van der Waals surface area (Å²) in [6.07, 6.45) is 1.48. The lowest BCUT2D eigenvalue weighted by molar-refractivity contribution is 0.613. The molecule has 5 heteroatoms. The van der Waals surface area contributed by atoms with Crippen molar-refractivity contribution >= 4 is 17.3 Å². The lowest BCUT2D eigenvalue weighted by atomic mass is 10.1. The minimum atomic E-state index is -0.229. The average molecular weight is 322 g/mol. The van der Waals surface area contributed by atoms with Gasteiger partial charge in [-0.2, -0.15) is 0 Å². The average Bonchev–Trinajstić information content (AvgIpc) is 2.59. The van der Waals surface area contributed by atoms with E-state index in [1.807, 2.05) is 24.3 Å². The standard InChI is InChI=1S/C19H19FN4/c1-13-6-5-9-17(14(13)2)24-19-10-18(22-12-23-19)21-11-15-7-3-4-8-16(15)20/h3-10,12H,11H2,1-2H3,(H2,21,22,23,24). The molecule has 0 spiro atoms. The third-order valence-electron chi connectivity index (χ3n) is 3.95. The molecule has 1 aromatic heterocycles. The van der Waals surface area contributed by atoms with Crippen LogP contribution in [0.4, 0.5) is 21.7 Å². The van der Waals surface area contributed by atoms with Gasteiger partial charge in [0.1, 0.15) is 23.8 Å². The van der Waals surface area contributed by atoms with Gasteiger partial charge in [0.05, 0.1) is 0 Å². The van der Waals surface area contributed by atoms with E-state index in [-0.39, 0.29) is 5.82 Å². The summed E-state index contributed by atoms with van der Waals surface area (Å²) in [5.41, 5.74) is 4.00. The van der Waals surface area contributed by atoms with Crippen molar-refractivity contribution in [3.63, 3.8) is 0 Å². The number of nitrogens with one attached hydrogen (secondary N) is 2. The smallest absolute Gasteiger partial charge is 0.135 e. The van der Waals surface area contributed by atoms with Crippen LogP contribution >= 0.6 is 0 Å². The molecule has 0 radical (unpaired) electrons. The van der Waals surface area contributed by atoms with E-state index in [0.717, 1.165) is 5.69 Å². The molecule has 0 saturated heterocycles. The Labute approximate surface area is 140 Å². The summed E-state index contributed by atoms with van der Waals surface area (Å²) in [4.78, 5) is 8.42. The second-order valence-electron chi connectivity index (χ2n) is 5.61. The molecular weight excluding hydrogens is 303 g/mol. The first-order valence-electron chi connectivity index (χ1n) is 7.76. The molecule has 122 valence electrons. The first-order chi connectivity index (χ1) is 11.6. The Morgan fingerprint density at radius 2 is 1.75 bits per heavy atom. The number of halogens is 1. The number of aryl methyl sites for hydroxylation is 1. The van der Waals surface area contributed by atoms with Gasteiger partial charge in [0.25, 0.3) is 0 Å². The van der Waals surface area contributed by atoms with E-state index in [0.29, 0.717) is 23.7 Å². The minimum Gasteiger partial charge on any atom is -0.366 e. The molecule has 0 unspecified atom stereocenters. The highest BCUT2D eigenvalue weighted by Gasteiger charge is 2.05. The minimum absolute atomic E-state index is 0.229. The number of aromatic nitrogens is 2. The molecule has 4 nitrogen and oxygen atoms in total. The number of rotatable bonds is 5. The van der Waals surface area contributed by atoms with E-state index in [4.69, 9.17) is 0 Å². The highest BCUT2D eigenvalue weighted by atomic mass is 19.1. The van der Waals surface area contributed by atoms with Crippen LogP contribution in [0.15, 0.2) is 54.9 Å². The summed E-state index contributed by atoms with van der Waals surface area (Å²) in [5, 5.41) is 6.42. The van der Waals surface area contributed by atoms with Crippen LogP contribution in [-0.4, -0.2) is 9.97 Å². The molecule has 2 N–H and O–H groups in total.